The molecule has 4 heterocycles. The molecular weight excluding hydrogens is 462 g/mol. The molecule has 1 saturated heterocycles. The molecule has 0 bridgehead atoms. The maximum absolute atomic E-state index is 13.0. The number of pyridine rings is 1. The highest BCUT2D eigenvalue weighted by Crippen LogP contribution is 2.43. The number of fused-ring (bicyclic) bond motifs is 5. The molecule has 2 aromatic heterocycles. The van der Waals surface area contributed by atoms with Crippen LogP contribution < -0.4 is 10.2 Å². The molecule has 192 valence electrons. The Morgan fingerprint density at radius 1 is 1.28 bits per heavy atom. The summed E-state index contributed by atoms with van der Waals surface area (Å²) >= 11 is 0. The Labute approximate surface area is 209 Å². The fourth-order valence-electron chi connectivity index (χ4n) is 4.98. The van der Waals surface area contributed by atoms with E-state index in [0.717, 1.165) is 11.1 Å². The zero-order valence-corrected chi connectivity index (χ0v) is 21.7. The second-order valence-corrected chi connectivity index (χ2v) is 10.9. The maximum atomic E-state index is 13.0. The van der Waals surface area contributed by atoms with Crippen LogP contribution in [0.3, 0.4) is 0 Å². The van der Waals surface area contributed by atoms with Crippen LogP contribution in [0.1, 0.15) is 57.9 Å². The highest BCUT2D eigenvalue weighted by molar-refractivity contribution is 5.97. The topological polar surface area (TPSA) is 93.8 Å². The number of carbonyl (C=O) groups excluding carboxylic acids is 1. The molecule has 2 atom stereocenters. The second-order valence-electron chi connectivity index (χ2n) is 10.9. The normalized spacial score (nSPS) is 20.7. The summed E-state index contributed by atoms with van der Waals surface area (Å²) in [6, 6.07) is 7.27. The highest BCUT2D eigenvalue weighted by atomic mass is 16.7. The molecule has 3 aromatic rings. The first-order valence-corrected chi connectivity index (χ1v) is 12.4. The summed E-state index contributed by atoms with van der Waals surface area (Å²) in [5, 5.41) is 5.79. The quantitative estimate of drug-likeness (QED) is 0.490. The van der Waals surface area contributed by atoms with Gasteiger partial charge in [0.15, 0.2) is 11.2 Å². The maximum Gasteiger partial charge on any atom is 0.343 e. The van der Waals surface area contributed by atoms with Crippen molar-refractivity contribution in [1.29, 1.82) is 0 Å². The van der Waals surface area contributed by atoms with Crippen LogP contribution in [0.4, 0.5) is 0 Å². The summed E-state index contributed by atoms with van der Waals surface area (Å²) in [4.78, 5) is 25.5. The minimum atomic E-state index is -0.616. The monoisotopic (exact) mass is 495 g/mol. The van der Waals surface area contributed by atoms with Crippen LogP contribution in [0, 0.1) is 5.41 Å². The first-order valence-electron chi connectivity index (χ1n) is 12.4. The van der Waals surface area contributed by atoms with E-state index in [1.807, 2.05) is 41.3 Å². The number of aromatic nitrogens is 3. The Morgan fingerprint density at radius 3 is 2.72 bits per heavy atom. The lowest BCUT2D eigenvalue weighted by atomic mass is 9.85. The molecule has 0 amide bonds. The zero-order valence-electron chi connectivity index (χ0n) is 21.7. The summed E-state index contributed by atoms with van der Waals surface area (Å²) < 4.78 is 26.8. The molecule has 2 aliphatic heterocycles. The van der Waals surface area contributed by atoms with Crippen LogP contribution in [0.2, 0.25) is 0 Å². The van der Waals surface area contributed by atoms with Gasteiger partial charge < -0.3 is 23.5 Å². The van der Waals surface area contributed by atoms with Crippen molar-refractivity contribution >= 4 is 16.9 Å². The lowest BCUT2D eigenvalue weighted by Gasteiger charge is -2.38. The largest absolute Gasteiger partial charge is 0.488 e. The SMILES string of the molecule is CCOC(=O)c1cn2c(cc1=O)-c1c3cccc(OCC4COC(C)(C)O4)c3nn1CC2C(C)(C)C. The van der Waals surface area contributed by atoms with E-state index in [0.29, 0.717) is 36.7 Å². The van der Waals surface area contributed by atoms with E-state index in [1.165, 1.54) is 6.07 Å². The summed E-state index contributed by atoms with van der Waals surface area (Å²) in [6.45, 7) is 13.5. The lowest BCUT2D eigenvalue weighted by molar-refractivity contribution is -0.141. The first-order chi connectivity index (χ1) is 17.0. The Bertz CT molecular complexity index is 1380. The van der Waals surface area contributed by atoms with E-state index >= 15 is 0 Å². The van der Waals surface area contributed by atoms with E-state index in [-0.39, 0.29) is 35.2 Å². The second kappa shape index (κ2) is 8.74. The van der Waals surface area contributed by atoms with Crippen LogP contribution in [0.5, 0.6) is 5.75 Å². The molecule has 0 N–H and O–H groups in total. The van der Waals surface area contributed by atoms with Crippen molar-refractivity contribution in [2.24, 2.45) is 5.41 Å². The molecule has 0 saturated carbocycles. The van der Waals surface area contributed by atoms with E-state index < -0.39 is 11.8 Å². The van der Waals surface area contributed by atoms with Gasteiger partial charge in [-0.1, -0.05) is 32.9 Å². The third kappa shape index (κ3) is 4.30. The van der Waals surface area contributed by atoms with Crippen LogP contribution >= 0.6 is 0 Å². The number of hydrogen-bond donors (Lipinski definition) is 0. The van der Waals surface area contributed by atoms with Crippen LogP contribution in [0.15, 0.2) is 35.3 Å². The van der Waals surface area contributed by atoms with Crippen LogP contribution in [0.25, 0.3) is 22.3 Å². The highest BCUT2D eigenvalue weighted by Gasteiger charge is 2.36. The van der Waals surface area contributed by atoms with Crippen molar-refractivity contribution in [1.82, 2.24) is 14.3 Å². The van der Waals surface area contributed by atoms with Crippen molar-refractivity contribution in [2.45, 2.75) is 66.0 Å². The molecular formula is C27H33N3O6. The van der Waals surface area contributed by atoms with Gasteiger partial charge in [-0.2, -0.15) is 5.10 Å². The van der Waals surface area contributed by atoms with Gasteiger partial charge in [0.25, 0.3) is 0 Å². The molecule has 0 spiro atoms. The molecule has 0 radical (unpaired) electrons. The average molecular weight is 496 g/mol. The minimum absolute atomic E-state index is 0.0397. The number of esters is 1. The van der Waals surface area contributed by atoms with E-state index in [2.05, 4.69) is 20.8 Å². The van der Waals surface area contributed by atoms with Gasteiger partial charge in [0.2, 0.25) is 0 Å². The molecule has 1 fully saturated rings. The van der Waals surface area contributed by atoms with Crippen molar-refractivity contribution in [2.75, 3.05) is 19.8 Å². The predicted molar refractivity (Wildman–Crippen MR) is 134 cm³/mol. The van der Waals surface area contributed by atoms with Crippen molar-refractivity contribution in [3.05, 3.63) is 46.2 Å². The number of carbonyl (C=O) groups is 1. The molecule has 0 aliphatic carbocycles. The molecule has 2 aliphatic rings. The Balaban J connectivity index is 1.59. The standard InChI is InChI=1S/C27H33N3O6/c1-7-33-25(32)18-12-29-19(11-20(18)31)24-17-9-8-10-21(34-14-16-15-35-27(5,6)36-16)23(17)28-30(24)13-22(29)26(2,3)4/h8-12,16,22H,7,13-15H2,1-6H3. The third-order valence-corrected chi connectivity index (χ3v) is 6.72. The number of ether oxygens (including phenoxy) is 4. The number of rotatable bonds is 5. The van der Waals surface area contributed by atoms with Crippen LogP contribution in [-0.2, 0) is 20.8 Å². The number of nitrogens with zero attached hydrogens (tertiary/aromatic N) is 3. The molecule has 5 rings (SSSR count). The first kappa shape index (κ1) is 24.5. The molecule has 9 heteroatoms. The Morgan fingerprint density at radius 2 is 2.06 bits per heavy atom. The zero-order chi connectivity index (χ0) is 25.8. The molecule has 1 aromatic carbocycles. The van der Waals surface area contributed by atoms with Gasteiger partial charge in [-0.15, -0.1) is 0 Å². The van der Waals surface area contributed by atoms with E-state index in [9.17, 15) is 9.59 Å². The number of benzene rings is 1. The summed E-state index contributed by atoms with van der Waals surface area (Å²) in [5.74, 6) is -0.576. The molecule has 36 heavy (non-hydrogen) atoms. The predicted octanol–water partition coefficient (Wildman–Crippen LogP) is 4.17. The van der Waals surface area contributed by atoms with Gasteiger partial charge in [-0.05, 0) is 32.3 Å². The van der Waals surface area contributed by atoms with Gasteiger partial charge in [-0.25, -0.2) is 4.79 Å². The fraction of sp³-hybridized carbons (Fsp3) is 0.519. The van der Waals surface area contributed by atoms with Gasteiger partial charge >= 0.3 is 5.97 Å². The van der Waals surface area contributed by atoms with Gasteiger partial charge in [0, 0.05) is 17.6 Å². The van der Waals surface area contributed by atoms with Gasteiger partial charge in [0.05, 0.1) is 37.2 Å². The Hall–Kier alpha value is -3.17. The third-order valence-electron chi connectivity index (χ3n) is 6.72. The number of hydrogen-bond acceptors (Lipinski definition) is 7. The lowest BCUT2D eigenvalue weighted by Crippen LogP contribution is -2.35. The van der Waals surface area contributed by atoms with Crippen molar-refractivity contribution < 1.29 is 23.7 Å². The summed E-state index contributed by atoms with van der Waals surface area (Å²) in [6.07, 6.45) is 1.48. The van der Waals surface area contributed by atoms with Crippen molar-refractivity contribution in [3.8, 4) is 17.1 Å². The fourth-order valence-corrected chi connectivity index (χ4v) is 4.98. The van der Waals surface area contributed by atoms with Gasteiger partial charge in [0.1, 0.15) is 29.5 Å². The van der Waals surface area contributed by atoms with E-state index in [4.69, 9.17) is 24.0 Å². The summed E-state index contributed by atoms with van der Waals surface area (Å²) in [7, 11) is 0. The minimum Gasteiger partial charge on any atom is -0.488 e. The van der Waals surface area contributed by atoms with E-state index in [1.54, 1.807) is 13.1 Å². The van der Waals surface area contributed by atoms with Gasteiger partial charge in [-0.3, -0.25) is 9.48 Å². The molecule has 2 unspecified atom stereocenters. The smallest absolute Gasteiger partial charge is 0.343 e. The van der Waals surface area contributed by atoms with Crippen molar-refractivity contribution in [3.63, 3.8) is 0 Å². The summed E-state index contributed by atoms with van der Waals surface area (Å²) in [5.41, 5.74) is 1.76. The van der Waals surface area contributed by atoms with Crippen LogP contribution in [-0.4, -0.2) is 52.0 Å². The Kier molecular flexibility index (Phi) is 5.95. The average Bonchev–Trinajstić information content (AvgIpc) is 3.35. The molecule has 9 nitrogen and oxygen atoms in total.